The number of aliphatic hydroxyl groups excluding tert-OH is 1. The summed E-state index contributed by atoms with van der Waals surface area (Å²) in [6.45, 7) is 2.13. The first-order chi connectivity index (χ1) is 5.24. The summed E-state index contributed by atoms with van der Waals surface area (Å²) in [6.07, 6.45) is 2.79. The van der Waals surface area contributed by atoms with Gasteiger partial charge in [0.2, 0.25) is 0 Å². The molecule has 0 aromatic carbocycles. The lowest BCUT2D eigenvalue weighted by Gasteiger charge is -2.11. The van der Waals surface area contributed by atoms with Gasteiger partial charge in [-0.25, -0.2) is 0 Å². The van der Waals surface area contributed by atoms with Crippen molar-refractivity contribution in [2.75, 3.05) is 6.61 Å². The van der Waals surface area contributed by atoms with Crippen LogP contribution in [0.4, 0.5) is 0 Å². The van der Waals surface area contributed by atoms with Gasteiger partial charge in [0.1, 0.15) is 5.78 Å². The van der Waals surface area contributed by atoms with Gasteiger partial charge >= 0.3 is 0 Å². The van der Waals surface area contributed by atoms with Gasteiger partial charge in [0.25, 0.3) is 0 Å². The molecule has 1 aliphatic rings. The minimum Gasteiger partial charge on any atom is -0.395 e. The summed E-state index contributed by atoms with van der Waals surface area (Å²) in [5, 5.41) is 9.14. The molecule has 0 aliphatic heterocycles. The quantitative estimate of drug-likeness (QED) is 0.699. The number of hydrogen-bond donors (Lipinski definition) is 1. The van der Waals surface area contributed by atoms with Crippen molar-refractivity contribution in [2.45, 2.75) is 36.7 Å². The fourth-order valence-electron chi connectivity index (χ4n) is 1.25. The van der Waals surface area contributed by atoms with E-state index in [9.17, 15) is 4.79 Å². The lowest BCUT2D eigenvalue weighted by atomic mass is 10.3. The average Bonchev–Trinajstić information content (AvgIpc) is 2.37. The van der Waals surface area contributed by atoms with Gasteiger partial charge in [-0.05, 0) is 12.8 Å². The Balaban J connectivity index is 2.30. The van der Waals surface area contributed by atoms with E-state index in [4.69, 9.17) is 5.11 Å². The molecule has 1 N–H and O–H groups in total. The molecule has 0 heterocycles. The molecule has 1 aliphatic carbocycles. The van der Waals surface area contributed by atoms with E-state index in [1.165, 1.54) is 0 Å². The van der Waals surface area contributed by atoms with Crippen LogP contribution in [0.2, 0.25) is 0 Å². The number of thioether (sulfide) groups is 1. The molecule has 11 heavy (non-hydrogen) atoms. The normalized spacial score (nSPS) is 27.5. The highest BCUT2D eigenvalue weighted by Crippen LogP contribution is 2.29. The number of hydrogen-bond acceptors (Lipinski definition) is 3. The third-order valence-corrected chi connectivity index (χ3v) is 3.34. The topological polar surface area (TPSA) is 37.3 Å². The van der Waals surface area contributed by atoms with Crippen LogP contribution in [0.25, 0.3) is 0 Å². The Morgan fingerprint density at radius 2 is 2.55 bits per heavy atom. The predicted octanol–water partition coefficient (Wildman–Crippen LogP) is 1.22. The molecule has 3 heteroatoms. The number of ketones is 1. The summed E-state index contributed by atoms with van der Waals surface area (Å²) < 4.78 is 0. The maximum Gasteiger partial charge on any atom is 0.145 e. The van der Waals surface area contributed by atoms with E-state index in [-0.39, 0.29) is 17.1 Å². The van der Waals surface area contributed by atoms with Crippen molar-refractivity contribution in [3.8, 4) is 0 Å². The lowest BCUT2D eigenvalue weighted by Crippen LogP contribution is -2.14. The third-order valence-electron chi connectivity index (χ3n) is 1.90. The van der Waals surface area contributed by atoms with Gasteiger partial charge in [-0.3, -0.25) is 4.79 Å². The van der Waals surface area contributed by atoms with Gasteiger partial charge in [-0.15, -0.1) is 11.8 Å². The van der Waals surface area contributed by atoms with Crippen molar-refractivity contribution in [3.05, 3.63) is 0 Å². The van der Waals surface area contributed by atoms with Crippen LogP contribution in [0.1, 0.15) is 26.2 Å². The summed E-state index contributed by atoms with van der Waals surface area (Å²) in [4.78, 5) is 11.1. The summed E-state index contributed by atoms with van der Waals surface area (Å²) in [6, 6.07) is 0. The summed E-state index contributed by atoms with van der Waals surface area (Å²) in [7, 11) is 0. The summed E-state index contributed by atoms with van der Waals surface area (Å²) >= 11 is 1.62. The molecular weight excluding hydrogens is 160 g/mol. The Kier molecular flexibility index (Phi) is 3.40. The van der Waals surface area contributed by atoms with Crippen LogP contribution < -0.4 is 0 Å². The van der Waals surface area contributed by atoms with E-state index in [0.29, 0.717) is 5.78 Å². The van der Waals surface area contributed by atoms with E-state index >= 15 is 0 Å². The van der Waals surface area contributed by atoms with Crippen molar-refractivity contribution in [1.29, 1.82) is 0 Å². The maximum atomic E-state index is 11.1. The van der Waals surface area contributed by atoms with Crippen LogP contribution in [-0.2, 0) is 4.79 Å². The van der Waals surface area contributed by atoms with Crippen molar-refractivity contribution in [3.63, 3.8) is 0 Å². The largest absolute Gasteiger partial charge is 0.395 e. The lowest BCUT2D eigenvalue weighted by molar-refractivity contribution is -0.116. The highest BCUT2D eigenvalue weighted by atomic mass is 32.2. The standard InChI is InChI=1S/C8H14O2S/c1-6(5-9)11-8-4-2-3-7(8)10/h6,8-9H,2-5H2,1H3. The van der Waals surface area contributed by atoms with E-state index in [1.807, 2.05) is 6.92 Å². The molecule has 0 radical (unpaired) electrons. The fraction of sp³-hybridized carbons (Fsp3) is 0.875. The molecule has 0 spiro atoms. The number of carbonyl (C=O) groups excluding carboxylic acids is 1. The second kappa shape index (κ2) is 4.12. The maximum absolute atomic E-state index is 11.1. The molecule has 64 valence electrons. The number of rotatable bonds is 3. The minimum absolute atomic E-state index is 0.175. The number of carbonyl (C=O) groups is 1. The molecular formula is C8H14O2S. The van der Waals surface area contributed by atoms with Crippen LogP contribution in [0, 0.1) is 0 Å². The number of Topliss-reactive ketones (excluding diaryl/α,β-unsaturated/α-hetero) is 1. The zero-order chi connectivity index (χ0) is 8.27. The molecule has 1 saturated carbocycles. The van der Waals surface area contributed by atoms with Gasteiger partial charge < -0.3 is 5.11 Å². The first kappa shape index (κ1) is 9.07. The monoisotopic (exact) mass is 174 g/mol. The summed E-state index contributed by atoms with van der Waals surface area (Å²) in [5.41, 5.74) is 0. The Bertz CT molecular complexity index is 147. The Hall–Kier alpha value is -0.0200. The minimum atomic E-state index is 0.175. The smallest absolute Gasteiger partial charge is 0.145 e. The second-order valence-electron chi connectivity index (χ2n) is 2.98. The predicted molar refractivity (Wildman–Crippen MR) is 46.8 cm³/mol. The molecule has 0 aromatic heterocycles. The van der Waals surface area contributed by atoms with Crippen molar-refractivity contribution in [2.24, 2.45) is 0 Å². The SMILES string of the molecule is CC(CO)SC1CCCC1=O. The van der Waals surface area contributed by atoms with Crippen LogP contribution in [0.15, 0.2) is 0 Å². The Labute approximate surface area is 71.4 Å². The van der Waals surface area contributed by atoms with Crippen molar-refractivity contribution in [1.82, 2.24) is 0 Å². The van der Waals surface area contributed by atoms with Gasteiger partial charge in [0, 0.05) is 11.7 Å². The second-order valence-corrected chi connectivity index (χ2v) is 4.62. The van der Waals surface area contributed by atoms with E-state index in [2.05, 4.69) is 0 Å². The molecule has 2 nitrogen and oxygen atoms in total. The molecule has 1 fully saturated rings. The average molecular weight is 174 g/mol. The first-order valence-corrected chi connectivity index (χ1v) is 4.97. The van der Waals surface area contributed by atoms with Crippen molar-refractivity contribution >= 4 is 17.5 Å². The zero-order valence-corrected chi connectivity index (χ0v) is 7.56. The van der Waals surface area contributed by atoms with Crippen molar-refractivity contribution < 1.29 is 9.90 Å². The molecule has 1 rings (SSSR count). The van der Waals surface area contributed by atoms with Crippen LogP contribution >= 0.6 is 11.8 Å². The fourth-order valence-corrected chi connectivity index (χ4v) is 2.47. The van der Waals surface area contributed by atoms with Gasteiger partial charge in [-0.2, -0.15) is 0 Å². The van der Waals surface area contributed by atoms with E-state index in [1.54, 1.807) is 11.8 Å². The van der Waals surface area contributed by atoms with Gasteiger partial charge in [0.15, 0.2) is 0 Å². The molecule has 0 aromatic rings. The molecule has 2 atom stereocenters. The van der Waals surface area contributed by atoms with E-state index in [0.717, 1.165) is 19.3 Å². The zero-order valence-electron chi connectivity index (χ0n) is 6.75. The van der Waals surface area contributed by atoms with Crippen LogP contribution in [0.3, 0.4) is 0 Å². The molecule has 0 amide bonds. The highest BCUT2D eigenvalue weighted by molar-refractivity contribution is 8.01. The van der Waals surface area contributed by atoms with Gasteiger partial charge in [0.05, 0.1) is 11.9 Å². The van der Waals surface area contributed by atoms with E-state index < -0.39 is 0 Å². The first-order valence-electron chi connectivity index (χ1n) is 4.03. The molecule has 0 saturated heterocycles. The van der Waals surface area contributed by atoms with Crippen LogP contribution in [-0.4, -0.2) is 28.0 Å². The Morgan fingerprint density at radius 3 is 3.00 bits per heavy atom. The van der Waals surface area contributed by atoms with Gasteiger partial charge in [-0.1, -0.05) is 6.92 Å². The van der Waals surface area contributed by atoms with Crippen LogP contribution in [0.5, 0.6) is 0 Å². The summed E-state index contributed by atoms with van der Waals surface area (Å²) in [5.74, 6) is 0.371. The highest BCUT2D eigenvalue weighted by Gasteiger charge is 2.25. The molecule has 0 bridgehead atoms. The Morgan fingerprint density at radius 1 is 1.82 bits per heavy atom. The third kappa shape index (κ3) is 2.49. The molecule has 2 unspecified atom stereocenters. The number of aliphatic hydroxyl groups is 1.